The van der Waals surface area contributed by atoms with Crippen LogP contribution in [0.3, 0.4) is 0 Å². The molecule has 1 aromatic rings. The second-order valence-corrected chi connectivity index (χ2v) is 5.79. The second kappa shape index (κ2) is 8.17. The van der Waals surface area contributed by atoms with Gasteiger partial charge in [0.25, 0.3) is 0 Å². The lowest BCUT2D eigenvalue weighted by atomic mass is 9.98. The Kier molecular flexibility index (Phi) is 6.22. The summed E-state index contributed by atoms with van der Waals surface area (Å²) in [7, 11) is 0. The van der Waals surface area contributed by atoms with E-state index in [0.29, 0.717) is 6.54 Å². The third kappa shape index (κ3) is 4.84. The maximum Gasteiger partial charge on any atom is 0.124 e. The van der Waals surface area contributed by atoms with Gasteiger partial charge < -0.3 is 5.73 Å². The molecule has 3 heteroatoms. The largest absolute Gasteiger partial charge is 0.320 e. The van der Waals surface area contributed by atoms with Gasteiger partial charge in [0, 0.05) is 12.1 Å². The number of benzene rings is 1. The summed E-state index contributed by atoms with van der Waals surface area (Å²) in [6.45, 7) is 5.68. The second-order valence-electron chi connectivity index (χ2n) is 5.79. The molecule has 114 valence electrons. The summed E-state index contributed by atoms with van der Waals surface area (Å²) in [5.41, 5.74) is 7.30. The maximum atomic E-state index is 13.4. The van der Waals surface area contributed by atoms with Gasteiger partial charge in [-0.15, -0.1) is 0 Å². The van der Waals surface area contributed by atoms with Crippen molar-refractivity contribution in [1.29, 1.82) is 0 Å². The van der Waals surface area contributed by atoms with Crippen LogP contribution in [-0.4, -0.2) is 24.5 Å². The Morgan fingerprint density at radius 1 is 1.33 bits per heavy atom. The van der Waals surface area contributed by atoms with Crippen LogP contribution < -0.4 is 5.73 Å². The first-order valence-corrected chi connectivity index (χ1v) is 7.92. The number of nitrogens with two attached hydrogens (primary N) is 1. The van der Waals surface area contributed by atoms with E-state index in [1.165, 1.54) is 37.8 Å². The van der Waals surface area contributed by atoms with E-state index >= 15 is 0 Å². The summed E-state index contributed by atoms with van der Waals surface area (Å²) in [5, 5.41) is 0. The van der Waals surface area contributed by atoms with E-state index in [4.69, 9.17) is 5.73 Å². The quantitative estimate of drug-likeness (QED) is 0.866. The van der Waals surface area contributed by atoms with E-state index < -0.39 is 0 Å². The average molecular weight is 288 g/mol. The molecule has 1 aromatic carbocycles. The van der Waals surface area contributed by atoms with Crippen LogP contribution in [0.5, 0.6) is 0 Å². The lowest BCUT2D eigenvalue weighted by Gasteiger charge is -2.21. The van der Waals surface area contributed by atoms with Crippen molar-refractivity contribution in [1.82, 2.24) is 4.90 Å². The summed E-state index contributed by atoms with van der Waals surface area (Å²) in [6, 6.07) is 4.90. The van der Waals surface area contributed by atoms with Gasteiger partial charge in [-0.1, -0.05) is 31.3 Å². The maximum absolute atomic E-state index is 13.4. The molecule has 2 N–H and O–H groups in total. The van der Waals surface area contributed by atoms with Crippen LogP contribution in [0.1, 0.15) is 43.7 Å². The third-order valence-electron chi connectivity index (χ3n) is 4.31. The summed E-state index contributed by atoms with van der Waals surface area (Å²) >= 11 is 0. The minimum absolute atomic E-state index is 0.234. The molecule has 0 amide bonds. The van der Waals surface area contributed by atoms with Gasteiger partial charge >= 0.3 is 0 Å². The van der Waals surface area contributed by atoms with Crippen molar-refractivity contribution in [3.8, 4) is 11.8 Å². The molecule has 21 heavy (non-hydrogen) atoms. The van der Waals surface area contributed by atoms with Crippen LogP contribution in [0, 0.1) is 23.6 Å². The van der Waals surface area contributed by atoms with Crippen molar-refractivity contribution in [3.63, 3.8) is 0 Å². The molecule has 0 bridgehead atoms. The molecule has 1 aliphatic rings. The molecule has 0 saturated carbocycles. The number of rotatable bonds is 3. The molecule has 2 nitrogen and oxygen atoms in total. The van der Waals surface area contributed by atoms with Crippen molar-refractivity contribution >= 4 is 0 Å². The minimum atomic E-state index is -0.234. The smallest absolute Gasteiger partial charge is 0.124 e. The van der Waals surface area contributed by atoms with Crippen LogP contribution >= 0.6 is 0 Å². The Balaban J connectivity index is 2.08. The highest BCUT2D eigenvalue weighted by Gasteiger charge is 2.16. The van der Waals surface area contributed by atoms with Gasteiger partial charge in [-0.2, -0.15) is 0 Å². The molecular weight excluding hydrogens is 263 g/mol. The van der Waals surface area contributed by atoms with Gasteiger partial charge in [0.15, 0.2) is 0 Å². The Labute approximate surface area is 127 Å². The molecule has 0 aliphatic carbocycles. The van der Waals surface area contributed by atoms with Crippen LogP contribution in [0.25, 0.3) is 0 Å². The summed E-state index contributed by atoms with van der Waals surface area (Å²) in [5.74, 6) is 6.45. The van der Waals surface area contributed by atoms with Crippen LogP contribution in [0.2, 0.25) is 0 Å². The number of halogens is 1. The van der Waals surface area contributed by atoms with Crippen molar-refractivity contribution in [2.24, 2.45) is 11.7 Å². The molecule has 1 saturated heterocycles. The fourth-order valence-electron chi connectivity index (χ4n) is 2.98. The van der Waals surface area contributed by atoms with E-state index in [9.17, 15) is 4.39 Å². The Bertz CT molecular complexity index is 516. The first-order valence-electron chi connectivity index (χ1n) is 7.92. The van der Waals surface area contributed by atoms with E-state index in [-0.39, 0.29) is 5.82 Å². The highest BCUT2D eigenvalue weighted by atomic mass is 19.1. The van der Waals surface area contributed by atoms with Crippen molar-refractivity contribution in [2.45, 2.75) is 39.2 Å². The zero-order valence-corrected chi connectivity index (χ0v) is 12.9. The monoisotopic (exact) mass is 288 g/mol. The topological polar surface area (TPSA) is 29.3 Å². The van der Waals surface area contributed by atoms with E-state index in [2.05, 4.69) is 23.7 Å². The lowest BCUT2D eigenvalue weighted by Crippen LogP contribution is -2.24. The van der Waals surface area contributed by atoms with Crippen molar-refractivity contribution in [3.05, 3.63) is 35.1 Å². The highest BCUT2D eigenvalue weighted by Crippen LogP contribution is 2.22. The molecule has 1 fully saturated rings. The Hall–Kier alpha value is -1.37. The Morgan fingerprint density at radius 3 is 2.95 bits per heavy atom. The molecule has 1 atom stereocenters. The first-order chi connectivity index (χ1) is 10.2. The molecule has 1 aliphatic heterocycles. The number of hydrogen-bond donors (Lipinski definition) is 1. The summed E-state index contributed by atoms with van der Waals surface area (Å²) < 4.78 is 13.4. The average Bonchev–Trinajstić information content (AvgIpc) is 2.72. The third-order valence-corrected chi connectivity index (χ3v) is 4.31. The Morgan fingerprint density at radius 2 is 2.19 bits per heavy atom. The summed E-state index contributed by atoms with van der Waals surface area (Å²) in [6.07, 6.45) is 5.12. The number of nitrogens with zero attached hydrogens (tertiary/aromatic N) is 1. The highest BCUT2D eigenvalue weighted by molar-refractivity contribution is 5.41. The molecule has 0 radical (unpaired) electrons. The molecule has 2 rings (SSSR count). The molecular formula is C18H25FN2. The number of hydrogen-bond acceptors (Lipinski definition) is 2. The lowest BCUT2D eigenvalue weighted by molar-refractivity contribution is 0.271. The van der Waals surface area contributed by atoms with Crippen LogP contribution in [0.15, 0.2) is 18.2 Å². The minimum Gasteiger partial charge on any atom is -0.320 e. The van der Waals surface area contributed by atoms with Gasteiger partial charge in [0.05, 0.1) is 6.54 Å². The van der Waals surface area contributed by atoms with Crippen molar-refractivity contribution in [2.75, 3.05) is 19.6 Å². The molecule has 0 aromatic heterocycles. The molecule has 1 heterocycles. The predicted molar refractivity (Wildman–Crippen MR) is 85.2 cm³/mol. The van der Waals surface area contributed by atoms with Gasteiger partial charge in [-0.05, 0) is 56.0 Å². The fourth-order valence-corrected chi connectivity index (χ4v) is 2.98. The fraction of sp³-hybridized carbons (Fsp3) is 0.556. The number of likely N-dealkylation sites (tertiary alicyclic amines) is 1. The van der Waals surface area contributed by atoms with E-state index in [1.807, 2.05) is 6.07 Å². The zero-order chi connectivity index (χ0) is 15.1. The van der Waals surface area contributed by atoms with Crippen LogP contribution in [0.4, 0.5) is 4.39 Å². The zero-order valence-electron chi connectivity index (χ0n) is 12.9. The normalized spacial score (nSPS) is 19.7. The standard InChI is InChI=1S/C18H25FN2/c1-2-15-5-4-11-21(12-9-15)14-17-7-8-18(19)13-16(17)6-3-10-20/h7-8,13,15H,2,4-5,9-12,14,20H2,1H3. The van der Waals surface area contributed by atoms with Gasteiger partial charge in [-0.3, -0.25) is 4.90 Å². The molecule has 1 unspecified atom stereocenters. The van der Waals surface area contributed by atoms with Gasteiger partial charge in [0.2, 0.25) is 0 Å². The van der Waals surface area contributed by atoms with Crippen molar-refractivity contribution < 1.29 is 4.39 Å². The molecule has 0 spiro atoms. The summed E-state index contributed by atoms with van der Waals surface area (Å²) in [4.78, 5) is 2.47. The predicted octanol–water partition coefficient (Wildman–Crippen LogP) is 3.15. The van der Waals surface area contributed by atoms with Gasteiger partial charge in [0.1, 0.15) is 5.82 Å². The van der Waals surface area contributed by atoms with E-state index in [0.717, 1.165) is 36.7 Å². The van der Waals surface area contributed by atoms with Crippen LogP contribution in [-0.2, 0) is 6.54 Å². The first kappa shape index (κ1) is 16.0. The SMILES string of the molecule is CCC1CCCN(Cc2ccc(F)cc2C#CCN)CC1. The van der Waals surface area contributed by atoms with E-state index in [1.54, 1.807) is 0 Å². The van der Waals surface area contributed by atoms with Gasteiger partial charge in [-0.25, -0.2) is 4.39 Å².